The fraction of sp³-hybridized carbons (Fsp3) is 0.0588. The van der Waals surface area contributed by atoms with Crippen LogP contribution in [0.5, 0.6) is 0 Å². The topological polar surface area (TPSA) is 74.6 Å². The van der Waals surface area contributed by atoms with Gasteiger partial charge in [-0.25, -0.2) is 9.59 Å². The van der Waals surface area contributed by atoms with Crippen molar-refractivity contribution >= 4 is 33.5 Å². The average molecular weight is 334 g/mol. The minimum absolute atomic E-state index is 0.146. The van der Waals surface area contributed by atoms with Crippen LogP contribution in [0.2, 0.25) is 0 Å². The summed E-state index contributed by atoms with van der Waals surface area (Å²) >= 11 is 0. The standard InChI is InChI=1S/C17H9F3O4/c18-17(19,20)14-10-5-2-1-4-8(10)9-6-3-7-11(15(21)22)12(9)13(14)16(23)24/h1-7H,(H,21,22)(H,23,24). The summed E-state index contributed by atoms with van der Waals surface area (Å²) in [5.41, 5.74) is -2.87. The van der Waals surface area contributed by atoms with Gasteiger partial charge in [0.2, 0.25) is 0 Å². The molecular weight excluding hydrogens is 325 g/mol. The van der Waals surface area contributed by atoms with E-state index >= 15 is 0 Å². The van der Waals surface area contributed by atoms with Crippen LogP contribution in [-0.2, 0) is 6.18 Å². The summed E-state index contributed by atoms with van der Waals surface area (Å²) in [5, 5.41) is 18.3. The molecule has 0 aromatic heterocycles. The van der Waals surface area contributed by atoms with Gasteiger partial charge in [0.05, 0.1) is 16.7 Å². The molecule has 0 heterocycles. The first-order valence-electron chi connectivity index (χ1n) is 6.74. The Kier molecular flexibility index (Phi) is 3.44. The summed E-state index contributed by atoms with van der Waals surface area (Å²) in [6.45, 7) is 0. The fourth-order valence-corrected chi connectivity index (χ4v) is 2.93. The van der Waals surface area contributed by atoms with E-state index in [0.717, 1.165) is 6.07 Å². The molecule has 3 aromatic rings. The van der Waals surface area contributed by atoms with Gasteiger partial charge in [-0.05, 0) is 22.2 Å². The Hall–Kier alpha value is -3.09. The van der Waals surface area contributed by atoms with Gasteiger partial charge in [0.15, 0.2) is 0 Å². The lowest BCUT2D eigenvalue weighted by atomic mass is 9.89. The van der Waals surface area contributed by atoms with E-state index in [1.807, 2.05) is 0 Å². The molecule has 0 amide bonds. The minimum atomic E-state index is -4.95. The molecule has 0 unspecified atom stereocenters. The monoisotopic (exact) mass is 334 g/mol. The molecule has 0 fully saturated rings. The zero-order valence-corrected chi connectivity index (χ0v) is 11.9. The fourth-order valence-electron chi connectivity index (χ4n) is 2.93. The summed E-state index contributed by atoms with van der Waals surface area (Å²) in [6.07, 6.45) is -4.95. The number of aromatic carboxylic acids is 2. The molecule has 24 heavy (non-hydrogen) atoms. The van der Waals surface area contributed by atoms with E-state index in [4.69, 9.17) is 0 Å². The maximum atomic E-state index is 13.6. The van der Waals surface area contributed by atoms with Crippen molar-refractivity contribution in [1.29, 1.82) is 0 Å². The van der Waals surface area contributed by atoms with E-state index in [1.54, 1.807) is 0 Å². The summed E-state index contributed by atoms with van der Waals surface area (Å²) in [5.74, 6) is -3.32. The largest absolute Gasteiger partial charge is 0.478 e. The third kappa shape index (κ3) is 2.25. The van der Waals surface area contributed by atoms with E-state index in [2.05, 4.69) is 0 Å². The van der Waals surface area contributed by atoms with Crippen LogP contribution < -0.4 is 0 Å². The molecule has 0 aliphatic carbocycles. The maximum absolute atomic E-state index is 13.6. The highest BCUT2D eigenvalue weighted by Gasteiger charge is 2.39. The van der Waals surface area contributed by atoms with Crippen molar-refractivity contribution < 1.29 is 33.0 Å². The second kappa shape index (κ2) is 5.23. The molecule has 0 saturated heterocycles. The Balaban J connectivity index is 2.75. The molecule has 0 aliphatic heterocycles. The normalized spacial score (nSPS) is 11.8. The zero-order chi connectivity index (χ0) is 17.6. The second-order valence-corrected chi connectivity index (χ2v) is 5.13. The van der Waals surface area contributed by atoms with Crippen molar-refractivity contribution in [3.05, 3.63) is 59.2 Å². The number of carboxylic acid groups (broad SMARTS) is 2. The summed E-state index contributed by atoms with van der Waals surface area (Å²) in [4.78, 5) is 23.0. The van der Waals surface area contributed by atoms with Crippen molar-refractivity contribution in [3.8, 4) is 0 Å². The molecule has 0 aliphatic rings. The number of hydrogen-bond acceptors (Lipinski definition) is 2. The molecule has 0 atom stereocenters. The first kappa shape index (κ1) is 15.8. The number of fused-ring (bicyclic) bond motifs is 3. The Morgan fingerprint density at radius 3 is 1.92 bits per heavy atom. The molecule has 2 N–H and O–H groups in total. The molecule has 7 heteroatoms. The van der Waals surface area contributed by atoms with Crippen LogP contribution in [0.4, 0.5) is 13.2 Å². The summed E-state index contributed by atoms with van der Waals surface area (Å²) in [6, 6.07) is 9.34. The van der Waals surface area contributed by atoms with Gasteiger partial charge in [0.1, 0.15) is 0 Å². The summed E-state index contributed by atoms with van der Waals surface area (Å²) < 4.78 is 40.8. The third-order valence-corrected chi connectivity index (χ3v) is 3.78. The highest BCUT2D eigenvalue weighted by atomic mass is 19.4. The lowest BCUT2D eigenvalue weighted by Gasteiger charge is -2.18. The van der Waals surface area contributed by atoms with Crippen LogP contribution >= 0.6 is 0 Å². The molecule has 122 valence electrons. The van der Waals surface area contributed by atoms with Crippen molar-refractivity contribution in [1.82, 2.24) is 0 Å². The van der Waals surface area contributed by atoms with Crippen LogP contribution in [-0.4, -0.2) is 22.2 Å². The van der Waals surface area contributed by atoms with Crippen LogP contribution in [0.15, 0.2) is 42.5 Å². The van der Waals surface area contributed by atoms with Crippen LogP contribution in [0.1, 0.15) is 26.3 Å². The van der Waals surface area contributed by atoms with Gasteiger partial charge >= 0.3 is 18.1 Å². The third-order valence-electron chi connectivity index (χ3n) is 3.78. The van der Waals surface area contributed by atoms with Crippen molar-refractivity contribution in [2.24, 2.45) is 0 Å². The maximum Gasteiger partial charge on any atom is 0.417 e. The van der Waals surface area contributed by atoms with Crippen LogP contribution in [0.3, 0.4) is 0 Å². The van der Waals surface area contributed by atoms with Gasteiger partial charge in [0, 0.05) is 5.39 Å². The van der Waals surface area contributed by atoms with Gasteiger partial charge in [-0.3, -0.25) is 0 Å². The molecule has 3 rings (SSSR count). The SMILES string of the molecule is O=C(O)c1cccc2c1c(C(=O)O)c(C(F)(F)F)c1ccccc12. The van der Waals surface area contributed by atoms with E-state index in [9.17, 15) is 33.0 Å². The first-order chi connectivity index (χ1) is 11.2. The van der Waals surface area contributed by atoms with E-state index in [-0.39, 0.29) is 16.2 Å². The molecule has 3 aromatic carbocycles. The highest BCUT2D eigenvalue weighted by molar-refractivity contribution is 6.22. The molecular formula is C17H9F3O4. The number of carbonyl (C=O) groups is 2. The first-order valence-corrected chi connectivity index (χ1v) is 6.74. The van der Waals surface area contributed by atoms with Crippen molar-refractivity contribution in [3.63, 3.8) is 0 Å². The number of benzene rings is 3. The van der Waals surface area contributed by atoms with Crippen molar-refractivity contribution in [2.45, 2.75) is 6.18 Å². The second-order valence-electron chi connectivity index (χ2n) is 5.13. The van der Waals surface area contributed by atoms with E-state index in [1.165, 1.54) is 36.4 Å². The Bertz CT molecular complexity index is 1010. The molecule has 0 bridgehead atoms. The number of rotatable bonds is 2. The van der Waals surface area contributed by atoms with E-state index in [0.29, 0.717) is 0 Å². The summed E-state index contributed by atoms with van der Waals surface area (Å²) in [7, 11) is 0. The zero-order valence-electron chi connectivity index (χ0n) is 11.9. The molecule has 0 saturated carbocycles. The van der Waals surface area contributed by atoms with Gasteiger partial charge in [-0.1, -0.05) is 36.4 Å². The number of alkyl halides is 3. The Labute approximate surface area is 132 Å². The number of hydrogen-bond donors (Lipinski definition) is 2. The van der Waals surface area contributed by atoms with Gasteiger partial charge in [0.25, 0.3) is 0 Å². The van der Waals surface area contributed by atoms with Crippen molar-refractivity contribution in [2.75, 3.05) is 0 Å². The predicted molar refractivity (Wildman–Crippen MR) is 80.4 cm³/mol. The van der Waals surface area contributed by atoms with Gasteiger partial charge in [-0.15, -0.1) is 0 Å². The average Bonchev–Trinajstić information content (AvgIpc) is 2.51. The van der Waals surface area contributed by atoms with Crippen LogP contribution in [0, 0.1) is 0 Å². The smallest absolute Gasteiger partial charge is 0.417 e. The lowest BCUT2D eigenvalue weighted by molar-refractivity contribution is -0.136. The van der Waals surface area contributed by atoms with E-state index < -0.39 is 40.2 Å². The van der Waals surface area contributed by atoms with Gasteiger partial charge < -0.3 is 10.2 Å². The minimum Gasteiger partial charge on any atom is -0.478 e. The quantitative estimate of drug-likeness (QED) is 0.681. The molecule has 0 radical (unpaired) electrons. The Morgan fingerprint density at radius 2 is 1.38 bits per heavy atom. The number of halogens is 3. The highest BCUT2D eigenvalue weighted by Crippen LogP contribution is 2.43. The van der Waals surface area contributed by atoms with Crippen LogP contribution in [0.25, 0.3) is 21.5 Å². The van der Waals surface area contributed by atoms with Gasteiger partial charge in [-0.2, -0.15) is 13.2 Å². The molecule has 0 spiro atoms. The number of carboxylic acids is 2. The molecule has 4 nitrogen and oxygen atoms in total. The Morgan fingerprint density at radius 1 is 0.792 bits per heavy atom. The predicted octanol–water partition coefficient (Wildman–Crippen LogP) is 4.41. The lowest BCUT2D eigenvalue weighted by Crippen LogP contribution is -2.16.